The summed E-state index contributed by atoms with van der Waals surface area (Å²) in [5.74, 6) is 0. The minimum absolute atomic E-state index is 0.599. The molecule has 0 unspecified atom stereocenters. The van der Waals surface area contributed by atoms with Crippen LogP contribution in [-0.4, -0.2) is 16.4 Å². The molecule has 3 nitrogen and oxygen atoms in total. The Balaban J connectivity index is 2.50. The van der Waals surface area contributed by atoms with Crippen LogP contribution in [0.2, 0.25) is 0 Å². The number of hydrogen-bond donors (Lipinski definition) is 0. The fraction of sp³-hybridized carbons (Fsp3) is 0.667. The lowest BCUT2D eigenvalue weighted by Gasteiger charge is -1.99. The molecule has 1 aromatic heterocycles. The van der Waals surface area contributed by atoms with E-state index in [1.54, 1.807) is 0 Å². The third kappa shape index (κ3) is 3.12. The maximum Gasteiger partial charge on any atom is 0.102 e. The van der Waals surface area contributed by atoms with Gasteiger partial charge in [-0.2, -0.15) is 5.10 Å². The second-order valence-electron chi connectivity index (χ2n) is 2.83. The van der Waals surface area contributed by atoms with Crippen LogP contribution >= 0.6 is 15.9 Å². The summed E-state index contributed by atoms with van der Waals surface area (Å²) >= 11 is 3.45. The van der Waals surface area contributed by atoms with Crippen molar-refractivity contribution in [1.29, 1.82) is 0 Å². The number of nitrogens with zero attached hydrogens (tertiary/aromatic N) is 2. The lowest BCUT2D eigenvalue weighted by Crippen LogP contribution is -1.98. The van der Waals surface area contributed by atoms with Crippen molar-refractivity contribution in [2.45, 2.75) is 33.4 Å². The first-order valence-electron chi connectivity index (χ1n) is 4.57. The number of aromatic nitrogens is 2. The summed E-state index contributed by atoms with van der Waals surface area (Å²) in [6.45, 7) is 6.45. The van der Waals surface area contributed by atoms with Gasteiger partial charge in [0.2, 0.25) is 0 Å². The van der Waals surface area contributed by atoms with Crippen LogP contribution in [0.25, 0.3) is 0 Å². The topological polar surface area (TPSA) is 27.1 Å². The van der Waals surface area contributed by atoms with E-state index >= 15 is 0 Å². The van der Waals surface area contributed by atoms with E-state index in [0.717, 1.165) is 29.7 Å². The van der Waals surface area contributed by atoms with E-state index in [9.17, 15) is 0 Å². The van der Waals surface area contributed by atoms with Crippen LogP contribution < -0.4 is 0 Å². The minimum atomic E-state index is 0.599. The summed E-state index contributed by atoms with van der Waals surface area (Å²) in [5, 5.41) is 4.34. The summed E-state index contributed by atoms with van der Waals surface area (Å²) in [5.41, 5.74) is 0.982. The Morgan fingerprint density at radius 2 is 2.31 bits per heavy atom. The molecule has 0 saturated carbocycles. The maximum atomic E-state index is 5.40. The zero-order valence-electron chi connectivity index (χ0n) is 8.09. The molecule has 0 aliphatic rings. The Morgan fingerprint density at radius 3 is 2.85 bits per heavy atom. The van der Waals surface area contributed by atoms with Crippen LogP contribution in [0.1, 0.15) is 26.0 Å². The summed E-state index contributed by atoms with van der Waals surface area (Å²) in [6, 6.07) is 0. The van der Waals surface area contributed by atoms with Gasteiger partial charge >= 0.3 is 0 Å². The first kappa shape index (κ1) is 10.7. The van der Waals surface area contributed by atoms with E-state index in [0.29, 0.717) is 6.61 Å². The van der Waals surface area contributed by atoms with Gasteiger partial charge in [0.1, 0.15) is 5.69 Å². The Bertz CT molecular complexity index is 260. The van der Waals surface area contributed by atoms with Crippen molar-refractivity contribution in [3.05, 3.63) is 16.4 Å². The van der Waals surface area contributed by atoms with Crippen molar-refractivity contribution < 1.29 is 4.74 Å². The average Bonchev–Trinajstić information content (AvgIpc) is 2.48. The molecular formula is C9H15BrN2O. The Hall–Kier alpha value is -0.350. The number of halogens is 1. The van der Waals surface area contributed by atoms with Gasteiger partial charge in [0.15, 0.2) is 0 Å². The van der Waals surface area contributed by atoms with Gasteiger partial charge in [0.25, 0.3) is 0 Å². The van der Waals surface area contributed by atoms with Crippen molar-refractivity contribution in [3.63, 3.8) is 0 Å². The van der Waals surface area contributed by atoms with Crippen LogP contribution in [0, 0.1) is 0 Å². The Labute approximate surface area is 87.2 Å². The lowest BCUT2D eigenvalue weighted by molar-refractivity contribution is 0.118. The molecule has 0 N–H and O–H groups in total. The summed E-state index contributed by atoms with van der Waals surface area (Å²) in [4.78, 5) is 0. The number of hydrogen-bond acceptors (Lipinski definition) is 2. The number of ether oxygens (including phenoxy) is 1. The van der Waals surface area contributed by atoms with Gasteiger partial charge in [-0.05, 0) is 29.3 Å². The van der Waals surface area contributed by atoms with E-state index in [1.165, 1.54) is 0 Å². The summed E-state index contributed by atoms with van der Waals surface area (Å²) in [7, 11) is 0. The Morgan fingerprint density at radius 1 is 1.54 bits per heavy atom. The van der Waals surface area contributed by atoms with Crippen LogP contribution in [-0.2, 0) is 17.9 Å². The molecule has 0 bridgehead atoms. The lowest BCUT2D eigenvalue weighted by atomic mass is 10.4. The van der Waals surface area contributed by atoms with Gasteiger partial charge in [0, 0.05) is 19.3 Å². The molecule has 0 spiro atoms. The fourth-order valence-electron chi connectivity index (χ4n) is 1.01. The number of aryl methyl sites for hydroxylation is 1. The molecule has 13 heavy (non-hydrogen) atoms. The highest BCUT2D eigenvalue weighted by Crippen LogP contribution is 2.15. The van der Waals surface area contributed by atoms with Crippen molar-refractivity contribution in [3.8, 4) is 0 Å². The molecule has 0 atom stereocenters. The summed E-state index contributed by atoms with van der Waals surface area (Å²) in [6.07, 6.45) is 3.02. The highest BCUT2D eigenvalue weighted by atomic mass is 79.9. The van der Waals surface area contributed by atoms with Gasteiger partial charge in [-0.25, -0.2) is 0 Å². The van der Waals surface area contributed by atoms with Crippen molar-refractivity contribution in [2.24, 2.45) is 0 Å². The minimum Gasteiger partial charge on any atom is -0.375 e. The molecule has 0 saturated heterocycles. The highest BCUT2D eigenvalue weighted by molar-refractivity contribution is 9.10. The van der Waals surface area contributed by atoms with E-state index in [4.69, 9.17) is 4.74 Å². The molecule has 1 heterocycles. The van der Waals surface area contributed by atoms with Crippen LogP contribution in [0.5, 0.6) is 0 Å². The van der Waals surface area contributed by atoms with Crippen LogP contribution in [0.15, 0.2) is 10.7 Å². The Kier molecular flexibility index (Phi) is 4.45. The smallest absolute Gasteiger partial charge is 0.102 e. The van der Waals surface area contributed by atoms with E-state index in [2.05, 4.69) is 34.9 Å². The highest BCUT2D eigenvalue weighted by Gasteiger charge is 2.04. The molecule has 0 radical (unpaired) electrons. The quantitative estimate of drug-likeness (QED) is 0.748. The van der Waals surface area contributed by atoms with Gasteiger partial charge in [0.05, 0.1) is 11.1 Å². The van der Waals surface area contributed by atoms with Crippen LogP contribution in [0.3, 0.4) is 0 Å². The first-order valence-corrected chi connectivity index (χ1v) is 5.36. The fourth-order valence-corrected chi connectivity index (χ4v) is 1.44. The zero-order chi connectivity index (χ0) is 9.68. The first-order chi connectivity index (χ1) is 6.27. The van der Waals surface area contributed by atoms with Gasteiger partial charge in [-0.15, -0.1) is 0 Å². The largest absolute Gasteiger partial charge is 0.375 e. The molecule has 1 aromatic rings. The van der Waals surface area contributed by atoms with E-state index < -0.39 is 0 Å². The molecule has 0 fully saturated rings. The van der Waals surface area contributed by atoms with Crippen molar-refractivity contribution >= 4 is 15.9 Å². The predicted octanol–water partition coefficient (Wildman–Crippen LogP) is 2.59. The molecule has 0 aromatic carbocycles. The van der Waals surface area contributed by atoms with Crippen molar-refractivity contribution in [2.75, 3.05) is 6.61 Å². The molecule has 4 heteroatoms. The predicted molar refractivity (Wildman–Crippen MR) is 55.5 cm³/mol. The molecule has 74 valence electrons. The van der Waals surface area contributed by atoms with Gasteiger partial charge in [-0.1, -0.05) is 6.92 Å². The second kappa shape index (κ2) is 5.40. The van der Waals surface area contributed by atoms with E-state index in [1.807, 2.05) is 10.9 Å². The third-order valence-corrected chi connectivity index (χ3v) is 2.36. The SMILES string of the molecule is CCCOCc1nn(CC)cc1Br. The zero-order valence-corrected chi connectivity index (χ0v) is 9.67. The molecular weight excluding hydrogens is 232 g/mol. The molecule has 0 amide bonds. The third-order valence-electron chi connectivity index (χ3n) is 1.70. The monoisotopic (exact) mass is 246 g/mol. The normalized spacial score (nSPS) is 10.7. The molecule has 0 aliphatic carbocycles. The maximum absolute atomic E-state index is 5.40. The number of rotatable bonds is 5. The van der Waals surface area contributed by atoms with E-state index in [-0.39, 0.29) is 0 Å². The van der Waals surface area contributed by atoms with Crippen LogP contribution in [0.4, 0.5) is 0 Å². The second-order valence-corrected chi connectivity index (χ2v) is 3.69. The van der Waals surface area contributed by atoms with Gasteiger partial charge in [-0.3, -0.25) is 4.68 Å². The van der Waals surface area contributed by atoms with Crippen molar-refractivity contribution in [1.82, 2.24) is 9.78 Å². The standard InChI is InChI=1S/C9H15BrN2O/c1-3-5-13-7-9-8(10)6-12(4-2)11-9/h6H,3-5,7H2,1-2H3. The average molecular weight is 247 g/mol. The van der Waals surface area contributed by atoms with Gasteiger partial charge < -0.3 is 4.74 Å². The summed E-state index contributed by atoms with van der Waals surface area (Å²) < 4.78 is 8.33. The molecule has 1 rings (SSSR count). The molecule has 0 aliphatic heterocycles.